The Labute approximate surface area is 160 Å². The molecule has 0 aliphatic heterocycles. The molecule has 4 aromatic rings. The van der Waals surface area contributed by atoms with Gasteiger partial charge < -0.3 is 9.15 Å². The zero-order valence-corrected chi connectivity index (χ0v) is 15.3. The van der Waals surface area contributed by atoms with E-state index >= 15 is 0 Å². The average molecular weight is 375 g/mol. The lowest BCUT2D eigenvalue weighted by atomic mass is 10.1. The summed E-state index contributed by atoms with van der Waals surface area (Å²) in [6, 6.07) is 14.6. The van der Waals surface area contributed by atoms with Gasteiger partial charge in [0.15, 0.2) is 6.10 Å². The molecule has 8 nitrogen and oxygen atoms in total. The molecule has 8 heteroatoms. The number of rotatable bonds is 5. The van der Waals surface area contributed by atoms with Crippen molar-refractivity contribution in [3.8, 4) is 17.1 Å². The van der Waals surface area contributed by atoms with Gasteiger partial charge in [-0.2, -0.15) is 5.10 Å². The van der Waals surface area contributed by atoms with Crippen molar-refractivity contribution in [3.05, 3.63) is 78.2 Å². The fourth-order valence-electron chi connectivity index (χ4n) is 2.58. The Morgan fingerprint density at radius 2 is 1.82 bits per heavy atom. The topological polar surface area (TPSA) is 95.9 Å². The second-order valence-electron chi connectivity index (χ2n) is 6.25. The molecule has 0 saturated heterocycles. The van der Waals surface area contributed by atoms with Gasteiger partial charge in [0.1, 0.15) is 12.7 Å². The summed E-state index contributed by atoms with van der Waals surface area (Å²) in [7, 11) is 0. The Morgan fingerprint density at radius 1 is 1.07 bits per heavy atom. The molecule has 0 aliphatic carbocycles. The van der Waals surface area contributed by atoms with E-state index in [4.69, 9.17) is 9.15 Å². The minimum atomic E-state index is -0.672. The van der Waals surface area contributed by atoms with Crippen molar-refractivity contribution < 1.29 is 13.9 Å². The van der Waals surface area contributed by atoms with Crippen LogP contribution < -0.4 is 0 Å². The normalized spacial score (nSPS) is 11.9. The van der Waals surface area contributed by atoms with Crippen LogP contribution in [-0.2, 0) is 4.74 Å². The van der Waals surface area contributed by atoms with E-state index in [1.807, 2.05) is 31.2 Å². The van der Waals surface area contributed by atoms with E-state index < -0.39 is 12.1 Å². The van der Waals surface area contributed by atoms with Crippen molar-refractivity contribution in [1.29, 1.82) is 0 Å². The van der Waals surface area contributed by atoms with Crippen molar-refractivity contribution in [2.45, 2.75) is 20.0 Å². The van der Waals surface area contributed by atoms with Crippen molar-refractivity contribution in [3.63, 3.8) is 0 Å². The van der Waals surface area contributed by atoms with Crippen LogP contribution in [0.25, 0.3) is 17.1 Å². The lowest BCUT2D eigenvalue weighted by Crippen LogP contribution is -2.09. The van der Waals surface area contributed by atoms with Gasteiger partial charge in [-0.1, -0.05) is 17.7 Å². The van der Waals surface area contributed by atoms with Gasteiger partial charge in [0.25, 0.3) is 5.89 Å². The summed E-state index contributed by atoms with van der Waals surface area (Å²) in [5.74, 6) is 0.144. The molecule has 0 amide bonds. The van der Waals surface area contributed by atoms with Gasteiger partial charge in [-0.15, -0.1) is 10.2 Å². The third-order valence-electron chi connectivity index (χ3n) is 4.16. The van der Waals surface area contributed by atoms with Crippen LogP contribution in [0.2, 0.25) is 0 Å². The van der Waals surface area contributed by atoms with Crippen LogP contribution in [0.5, 0.6) is 0 Å². The van der Waals surface area contributed by atoms with Gasteiger partial charge in [-0.3, -0.25) is 0 Å². The molecule has 2 aromatic heterocycles. The second-order valence-corrected chi connectivity index (χ2v) is 6.25. The summed E-state index contributed by atoms with van der Waals surface area (Å²) in [6.07, 6.45) is 2.35. The summed E-state index contributed by atoms with van der Waals surface area (Å²) in [4.78, 5) is 16.3. The number of esters is 1. The quantitative estimate of drug-likeness (QED) is 0.492. The van der Waals surface area contributed by atoms with E-state index in [1.54, 1.807) is 42.2 Å². The van der Waals surface area contributed by atoms with Gasteiger partial charge in [-0.25, -0.2) is 14.5 Å². The summed E-state index contributed by atoms with van der Waals surface area (Å²) in [5.41, 5.74) is 3.16. The van der Waals surface area contributed by atoms with Crippen LogP contribution in [0.3, 0.4) is 0 Å². The molecule has 0 unspecified atom stereocenters. The Balaban J connectivity index is 1.44. The monoisotopic (exact) mass is 375 g/mol. The second kappa shape index (κ2) is 7.43. The van der Waals surface area contributed by atoms with Crippen LogP contribution in [-0.4, -0.2) is 30.9 Å². The molecule has 0 N–H and O–H groups in total. The van der Waals surface area contributed by atoms with E-state index in [-0.39, 0.29) is 5.89 Å². The van der Waals surface area contributed by atoms with E-state index in [9.17, 15) is 4.79 Å². The summed E-state index contributed by atoms with van der Waals surface area (Å²) >= 11 is 0. The van der Waals surface area contributed by atoms with Crippen molar-refractivity contribution in [2.75, 3.05) is 0 Å². The van der Waals surface area contributed by atoms with Crippen LogP contribution in [0.15, 0.2) is 65.6 Å². The molecule has 0 saturated carbocycles. The number of aryl methyl sites for hydroxylation is 1. The van der Waals surface area contributed by atoms with Gasteiger partial charge in [-0.05, 0) is 50.2 Å². The zero-order valence-electron chi connectivity index (χ0n) is 15.3. The summed E-state index contributed by atoms with van der Waals surface area (Å²) < 4.78 is 12.7. The minimum Gasteiger partial charge on any atom is -0.449 e. The van der Waals surface area contributed by atoms with Crippen LogP contribution in [0, 0.1) is 6.92 Å². The molecule has 0 radical (unpaired) electrons. The molecule has 2 heterocycles. The lowest BCUT2D eigenvalue weighted by molar-refractivity contribution is 0.0280. The molecule has 4 rings (SSSR count). The zero-order chi connectivity index (χ0) is 19.5. The molecule has 140 valence electrons. The Hall–Kier alpha value is -3.81. The van der Waals surface area contributed by atoms with Crippen LogP contribution in [0.4, 0.5) is 0 Å². The highest BCUT2D eigenvalue weighted by molar-refractivity contribution is 5.89. The number of carbonyl (C=O) groups excluding carboxylic acids is 1. The fourth-order valence-corrected chi connectivity index (χ4v) is 2.58. The largest absolute Gasteiger partial charge is 0.449 e. The number of hydrogen-bond donors (Lipinski definition) is 0. The number of hydrogen-bond acceptors (Lipinski definition) is 7. The number of benzene rings is 2. The smallest absolute Gasteiger partial charge is 0.338 e. The first-order valence-corrected chi connectivity index (χ1v) is 8.66. The first kappa shape index (κ1) is 17.6. The molecule has 2 aromatic carbocycles. The fraction of sp³-hybridized carbons (Fsp3) is 0.150. The Morgan fingerprint density at radius 3 is 2.50 bits per heavy atom. The number of aromatic nitrogens is 5. The first-order chi connectivity index (χ1) is 13.6. The third kappa shape index (κ3) is 3.66. The summed E-state index contributed by atoms with van der Waals surface area (Å²) in [6.45, 7) is 3.69. The maximum absolute atomic E-state index is 12.4. The average Bonchev–Trinajstić information content (AvgIpc) is 3.41. The summed E-state index contributed by atoms with van der Waals surface area (Å²) in [5, 5.41) is 12.1. The van der Waals surface area contributed by atoms with Crippen LogP contribution >= 0.6 is 0 Å². The highest BCUT2D eigenvalue weighted by Gasteiger charge is 2.20. The maximum atomic E-state index is 12.4. The van der Waals surface area contributed by atoms with Crippen molar-refractivity contribution >= 4 is 5.97 Å². The molecule has 0 spiro atoms. The van der Waals surface area contributed by atoms with Gasteiger partial charge in [0.2, 0.25) is 5.89 Å². The lowest BCUT2D eigenvalue weighted by Gasteiger charge is -2.09. The predicted octanol–water partition coefficient (Wildman–Crippen LogP) is 3.54. The molecular weight excluding hydrogens is 358 g/mol. The molecular formula is C20H17N5O3. The Kier molecular flexibility index (Phi) is 4.67. The van der Waals surface area contributed by atoms with E-state index in [2.05, 4.69) is 20.3 Å². The van der Waals surface area contributed by atoms with Crippen molar-refractivity contribution in [2.24, 2.45) is 0 Å². The number of nitrogens with zero attached hydrogens (tertiary/aromatic N) is 5. The van der Waals surface area contributed by atoms with E-state index in [0.29, 0.717) is 11.5 Å². The van der Waals surface area contributed by atoms with Crippen molar-refractivity contribution in [1.82, 2.24) is 25.0 Å². The van der Waals surface area contributed by atoms with Gasteiger partial charge >= 0.3 is 5.97 Å². The Bertz CT molecular complexity index is 1070. The number of ether oxygens (including phenoxy) is 1. The van der Waals surface area contributed by atoms with Gasteiger partial charge in [0, 0.05) is 5.56 Å². The molecule has 0 aliphatic rings. The van der Waals surface area contributed by atoms with E-state index in [0.717, 1.165) is 16.8 Å². The SMILES string of the molecule is Cc1ccc(-c2nnc([C@@H](C)OC(=O)c3ccc(-n4cncn4)cc3)o2)cc1. The minimum absolute atomic E-state index is 0.239. The molecule has 28 heavy (non-hydrogen) atoms. The van der Waals surface area contributed by atoms with Crippen LogP contribution in [0.1, 0.15) is 34.8 Å². The highest BCUT2D eigenvalue weighted by Crippen LogP contribution is 2.23. The molecule has 0 bridgehead atoms. The van der Waals surface area contributed by atoms with Gasteiger partial charge in [0.05, 0.1) is 11.3 Å². The standard InChI is InChI=1S/C20H17N5O3/c1-13-3-5-15(6-4-13)19-24-23-18(28-19)14(2)27-20(26)16-7-9-17(10-8-16)25-12-21-11-22-25/h3-12,14H,1-2H3/t14-/m1/s1. The first-order valence-electron chi connectivity index (χ1n) is 8.66. The predicted molar refractivity (Wildman–Crippen MR) is 99.7 cm³/mol. The molecule has 0 fully saturated rings. The van der Waals surface area contributed by atoms with E-state index in [1.165, 1.54) is 6.33 Å². The molecule has 1 atom stereocenters. The third-order valence-corrected chi connectivity index (χ3v) is 4.16. The maximum Gasteiger partial charge on any atom is 0.338 e. The number of carbonyl (C=O) groups is 1. The highest BCUT2D eigenvalue weighted by atomic mass is 16.6.